The van der Waals surface area contributed by atoms with Gasteiger partial charge < -0.3 is 19.5 Å². The molecule has 0 radical (unpaired) electrons. The number of hydrogen-bond acceptors (Lipinski definition) is 4. The Morgan fingerprint density at radius 3 is 2.44 bits per heavy atom. The third-order valence-corrected chi connectivity index (χ3v) is 2.99. The van der Waals surface area contributed by atoms with Gasteiger partial charge in [0.25, 0.3) is 0 Å². The number of hydrogen-bond donors (Lipinski definition) is 1. The van der Waals surface area contributed by atoms with Gasteiger partial charge in [0.1, 0.15) is 0 Å². The van der Waals surface area contributed by atoms with E-state index in [4.69, 9.17) is 14.2 Å². The summed E-state index contributed by atoms with van der Waals surface area (Å²) in [5, 5.41) is 3.42. The van der Waals surface area contributed by atoms with E-state index in [1.165, 1.54) is 0 Å². The van der Waals surface area contributed by atoms with Crippen LogP contribution in [0.1, 0.15) is 40.0 Å². The monoisotopic (exact) mass is 261 g/mol. The van der Waals surface area contributed by atoms with Gasteiger partial charge in [0.15, 0.2) is 0 Å². The largest absolute Gasteiger partial charge is 0.382 e. The Hall–Kier alpha value is -0.160. The summed E-state index contributed by atoms with van der Waals surface area (Å²) in [5.74, 6) is 0. The van der Waals surface area contributed by atoms with Crippen molar-refractivity contribution in [3.05, 3.63) is 0 Å². The van der Waals surface area contributed by atoms with Gasteiger partial charge in [-0.05, 0) is 32.7 Å². The number of rotatable bonds is 13. The van der Waals surface area contributed by atoms with Crippen molar-refractivity contribution >= 4 is 0 Å². The van der Waals surface area contributed by atoms with E-state index in [9.17, 15) is 0 Å². The lowest BCUT2D eigenvalue weighted by atomic mass is 10.0. The maximum atomic E-state index is 5.96. The van der Waals surface area contributed by atoms with E-state index >= 15 is 0 Å². The van der Waals surface area contributed by atoms with Crippen molar-refractivity contribution in [1.29, 1.82) is 0 Å². The van der Waals surface area contributed by atoms with Crippen molar-refractivity contribution in [3.63, 3.8) is 0 Å². The van der Waals surface area contributed by atoms with Gasteiger partial charge >= 0.3 is 0 Å². The van der Waals surface area contributed by atoms with Crippen LogP contribution in [0.3, 0.4) is 0 Å². The first-order valence-electron chi connectivity index (χ1n) is 7.10. The van der Waals surface area contributed by atoms with Crippen LogP contribution in [-0.4, -0.2) is 52.2 Å². The standard InChI is InChI=1S/C14H31NO3/c1-5-8-15-13-14(3,6-2)18-10-7-9-17-12-11-16-4/h15H,5-13H2,1-4H3. The van der Waals surface area contributed by atoms with Crippen molar-refractivity contribution < 1.29 is 14.2 Å². The molecule has 0 spiro atoms. The fraction of sp³-hybridized carbons (Fsp3) is 1.00. The van der Waals surface area contributed by atoms with Gasteiger partial charge in [0.05, 0.1) is 18.8 Å². The lowest BCUT2D eigenvalue weighted by molar-refractivity contribution is -0.0423. The van der Waals surface area contributed by atoms with Crippen molar-refractivity contribution in [1.82, 2.24) is 5.32 Å². The van der Waals surface area contributed by atoms with E-state index in [0.717, 1.165) is 45.6 Å². The quantitative estimate of drug-likeness (QED) is 0.516. The summed E-state index contributed by atoms with van der Waals surface area (Å²) in [5.41, 5.74) is -0.0539. The summed E-state index contributed by atoms with van der Waals surface area (Å²) in [6.45, 7) is 11.3. The molecule has 18 heavy (non-hydrogen) atoms. The first-order valence-corrected chi connectivity index (χ1v) is 7.10. The molecule has 0 aromatic carbocycles. The average molecular weight is 261 g/mol. The Bertz CT molecular complexity index is 178. The number of nitrogens with one attached hydrogen (secondary N) is 1. The summed E-state index contributed by atoms with van der Waals surface area (Å²) in [6.07, 6.45) is 3.12. The van der Waals surface area contributed by atoms with Crippen LogP contribution in [0.5, 0.6) is 0 Å². The van der Waals surface area contributed by atoms with Crippen LogP contribution in [0.25, 0.3) is 0 Å². The molecule has 0 saturated heterocycles. The van der Waals surface area contributed by atoms with Gasteiger partial charge in [-0.2, -0.15) is 0 Å². The summed E-state index contributed by atoms with van der Waals surface area (Å²) < 4.78 is 16.3. The van der Waals surface area contributed by atoms with Crippen molar-refractivity contribution in [3.8, 4) is 0 Å². The molecule has 0 heterocycles. The summed E-state index contributed by atoms with van der Waals surface area (Å²) in [6, 6.07) is 0. The molecule has 0 bridgehead atoms. The zero-order valence-electron chi connectivity index (χ0n) is 12.6. The average Bonchev–Trinajstić information content (AvgIpc) is 2.38. The molecule has 0 fully saturated rings. The van der Waals surface area contributed by atoms with E-state index in [1.54, 1.807) is 7.11 Å². The van der Waals surface area contributed by atoms with E-state index in [-0.39, 0.29) is 5.60 Å². The summed E-state index contributed by atoms with van der Waals surface area (Å²) in [4.78, 5) is 0. The first kappa shape index (κ1) is 17.8. The van der Waals surface area contributed by atoms with E-state index in [0.29, 0.717) is 13.2 Å². The summed E-state index contributed by atoms with van der Waals surface area (Å²) in [7, 11) is 1.68. The highest BCUT2D eigenvalue weighted by Crippen LogP contribution is 2.14. The molecule has 0 rings (SSSR count). The molecule has 0 aromatic rings. The Morgan fingerprint density at radius 1 is 1.06 bits per heavy atom. The third-order valence-electron chi connectivity index (χ3n) is 2.99. The van der Waals surface area contributed by atoms with Crippen molar-refractivity contribution in [2.24, 2.45) is 0 Å². The Labute approximate surface area is 112 Å². The zero-order chi connectivity index (χ0) is 13.7. The van der Waals surface area contributed by atoms with E-state index in [1.807, 2.05) is 0 Å². The molecular weight excluding hydrogens is 230 g/mol. The molecule has 0 aromatic heterocycles. The van der Waals surface area contributed by atoms with Crippen molar-refractivity contribution in [2.75, 3.05) is 46.6 Å². The van der Waals surface area contributed by atoms with Crippen LogP contribution in [-0.2, 0) is 14.2 Å². The maximum Gasteiger partial charge on any atom is 0.0775 e. The first-order chi connectivity index (χ1) is 8.68. The van der Waals surface area contributed by atoms with Gasteiger partial charge in [-0.15, -0.1) is 0 Å². The molecule has 4 nitrogen and oxygen atoms in total. The van der Waals surface area contributed by atoms with Gasteiger partial charge in [-0.1, -0.05) is 13.8 Å². The fourth-order valence-corrected chi connectivity index (χ4v) is 1.53. The molecule has 0 aliphatic carbocycles. The molecule has 0 aliphatic rings. The van der Waals surface area contributed by atoms with Crippen LogP contribution in [0.4, 0.5) is 0 Å². The molecule has 0 saturated carbocycles. The smallest absolute Gasteiger partial charge is 0.0775 e. The predicted octanol–water partition coefficient (Wildman–Crippen LogP) is 2.22. The van der Waals surface area contributed by atoms with Crippen LogP contribution >= 0.6 is 0 Å². The number of ether oxygens (including phenoxy) is 3. The lowest BCUT2D eigenvalue weighted by Crippen LogP contribution is -2.40. The minimum atomic E-state index is -0.0539. The minimum absolute atomic E-state index is 0.0539. The third kappa shape index (κ3) is 9.83. The Morgan fingerprint density at radius 2 is 1.83 bits per heavy atom. The second-order valence-corrected chi connectivity index (χ2v) is 4.79. The molecular formula is C14H31NO3. The van der Waals surface area contributed by atoms with Crippen LogP contribution in [0, 0.1) is 0 Å². The molecule has 0 amide bonds. The highest BCUT2D eigenvalue weighted by Gasteiger charge is 2.21. The van der Waals surface area contributed by atoms with Crippen molar-refractivity contribution in [2.45, 2.75) is 45.6 Å². The molecule has 110 valence electrons. The Kier molecular flexibility index (Phi) is 11.8. The van der Waals surface area contributed by atoms with Gasteiger partial charge in [0.2, 0.25) is 0 Å². The van der Waals surface area contributed by atoms with E-state index in [2.05, 4.69) is 26.1 Å². The molecule has 0 aliphatic heterocycles. The van der Waals surface area contributed by atoms with Gasteiger partial charge in [0, 0.05) is 26.9 Å². The summed E-state index contributed by atoms with van der Waals surface area (Å²) >= 11 is 0. The molecule has 4 heteroatoms. The van der Waals surface area contributed by atoms with Crippen LogP contribution < -0.4 is 5.32 Å². The molecule has 1 unspecified atom stereocenters. The highest BCUT2D eigenvalue weighted by atomic mass is 16.5. The second-order valence-electron chi connectivity index (χ2n) is 4.79. The lowest BCUT2D eigenvalue weighted by Gasteiger charge is -2.29. The molecule has 1 atom stereocenters. The topological polar surface area (TPSA) is 39.7 Å². The molecule has 1 N–H and O–H groups in total. The predicted molar refractivity (Wildman–Crippen MR) is 75.1 cm³/mol. The maximum absolute atomic E-state index is 5.96. The second kappa shape index (κ2) is 11.9. The van der Waals surface area contributed by atoms with E-state index < -0.39 is 0 Å². The van der Waals surface area contributed by atoms with Gasteiger partial charge in [-0.25, -0.2) is 0 Å². The number of methoxy groups -OCH3 is 1. The highest BCUT2D eigenvalue weighted by molar-refractivity contribution is 4.76. The van der Waals surface area contributed by atoms with Gasteiger partial charge in [-0.3, -0.25) is 0 Å². The SMILES string of the molecule is CCCNCC(C)(CC)OCCCOCCOC. The van der Waals surface area contributed by atoms with Crippen LogP contribution in [0.15, 0.2) is 0 Å². The fourth-order valence-electron chi connectivity index (χ4n) is 1.53. The zero-order valence-corrected chi connectivity index (χ0v) is 12.6. The van der Waals surface area contributed by atoms with Crippen LogP contribution in [0.2, 0.25) is 0 Å². The Balaban J connectivity index is 3.53. The normalized spacial score (nSPS) is 14.7. The minimum Gasteiger partial charge on any atom is -0.382 e.